The fourth-order valence-corrected chi connectivity index (χ4v) is 1.46. The first-order valence-electron chi connectivity index (χ1n) is 5.90. The molecule has 0 saturated heterocycles. The zero-order chi connectivity index (χ0) is 10.1. The first-order valence-corrected chi connectivity index (χ1v) is 5.90. The summed E-state index contributed by atoms with van der Waals surface area (Å²) in [6, 6.07) is 0.713. The van der Waals surface area contributed by atoms with Gasteiger partial charge in [-0.05, 0) is 32.2 Å². The first kappa shape index (κ1) is 13.0. The fourth-order valence-electron chi connectivity index (χ4n) is 1.46. The zero-order valence-corrected chi connectivity index (χ0v) is 9.90. The van der Waals surface area contributed by atoms with Crippen molar-refractivity contribution in [3.8, 4) is 0 Å². The summed E-state index contributed by atoms with van der Waals surface area (Å²) in [6.45, 7) is 10.3. The molecule has 0 heterocycles. The highest BCUT2D eigenvalue weighted by Gasteiger charge is 2.01. The Morgan fingerprint density at radius 2 is 1.69 bits per heavy atom. The summed E-state index contributed by atoms with van der Waals surface area (Å²) in [5.41, 5.74) is 0. The van der Waals surface area contributed by atoms with Gasteiger partial charge in [-0.25, -0.2) is 0 Å². The molecular weight excluding hydrogens is 158 g/mol. The van der Waals surface area contributed by atoms with Gasteiger partial charge in [-0.15, -0.1) is 0 Å². The van der Waals surface area contributed by atoms with Gasteiger partial charge in [-0.3, -0.25) is 0 Å². The molecule has 0 rings (SSSR count). The minimum absolute atomic E-state index is 0.713. The van der Waals surface area contributed by atoms with E-state index in [1.54, 1.807) is 0 Å². The fraction of sp³-hybridized carbons (Fsp3) is 1.00. The third-order valence-electron chi connectivity index (χ3n) is 2.44. The van der Waals surface area contributed by atoms with E-state index in [0.29, 0.717) is 6.04 Å². The van der Waals surface area contributed by atoms with Crippen molar-refractivity contribution >= 4 is 0 Å². The molecule has 1 nitrogen and oxygen atoms in total. The summed E-state index contributed by atoms with van der Waals surface area (Å²) < 4.78 is 0. The molecule has 0 saturated carbocycles. The van der Waals surface area contributed by atoms with Crippen LogP contribution in [0.15, 0.2) is 0 Å². The lowest BCUT2D eigenvalue weighted by Crippen LogP contribution is -2.26. The van der Waals surface area contributed by atoms with Crippen molar-refractivity contribution < 1.29 is 0 Å². The van der Waals surface area contributed by atoms with E-state index in [4.69, 9.17) is 0 Å². The molecule has 13 heavy (non-hydrogen) atoms. The van der Waals surface area contributed by atoms with E-state index in [-0.39, 0.29) is 0 Å². The van der Waals surface area contributed by atoms with Crippen molar-refractivity contribution in [2.75, 3.05) is 6.54 Å². The van der Waals surface area contributed by atoms with E-state index in [0.717, 1.165) is 5.92 Å². The van der Waals surface area contributed by atoms with Crippen LogP contribution >= 0.6 is 0 Å². The molecule has 1 atom stereocenters. The van der Waals surface area contributed by atoms with Crippen molar-refractivity contribution in [3.63, 3.8) is 0 Å². The van der Waals surface area contributed by atoms with Crippen molar-refractivity contribution in [2.45, 2.75) is 65.8 Å². The predicted molar refractivity (Wildman–Crippen MR) is 61.1 cm³/mol. The largest absolute Gasteiger partial charge is 0.314 e. The summed E-state index contributed by atoms with van der Waals surface area (Å²) in [5, 5.41) is 3.56. The molecule has 0 unspecified atom stereocenters. The molecule has 0 spiro atoms. The van der Waals surface area contributed by atoms with Gasteiger partial charge in [0.25, 0.3) is 0 Å². The smallest absolute Gasteiger partial charge is 0.00387 e. The monoisotopic (exact) mass is 185 g/mol. The Morgan fingerprint density at radius 3 is 2.23 bits per heavy atom. The van der Waals surface area contributed by atoms with Crippen molar-refractivity contribution in [1.29, 1.82) is 0 Å². The lowest BCUT2D eigenvalue weighted by molar-refractivity contribution is 0.454. The Kier molecular flexibility index (Phi) is 8.53. The maximum absolute atomic E-state index is 3.56. The molecule has 0 aromatic carbocycles. The van der Waals surface area contributed by atoms with Crippen LogP contribution in [0.4, 0.5) is 0 Å². The Bertz CT molecular complexity index is 99.3. The second-order valence-electron chi connectivity index (χ2n) is 4.53. The Hall–Kier alpha value is -0.0400. The van der Waals surface area contributed by atoms with Gasteiger partial charge in [0.05, 0.1) is 0 Å². The normalized spacial score (nSPS) is 13.6. The van der Waals surface area contributed by atoms with Gasteiger partial charge >= 0.3 is 0 Å². The topological polar surface area (TPSA) is 12.0 Å². The third-order valence-corrected chi connectivity index (χ3v) is 2.44. The van der Waals surface area contributed by atoms with Crippen LogP contribution in [0.3, 0.4) is 0 Å². The standard InChI is InChI=1S/C12H27N/c1-5-6-10-13-12(4)9-7-8-11(2)3/h11-13H,5-10H2,1-4H3/t12-/m1/s1. The Balaban J connectivity index is 3.15. The highest BCUT2D eigenvalue weighted by atomic mass is 14.9. The van der Waals surface area contributed by atoms with E-state index >= 15 is 0 Å². The van der Waals surface area contributed by atoms with Crippen LogP contribution in [0.1, 0.15) is 59.8 Å². The molecule has 0 aromatic rings. The van der Waals surface area contributed by atoms with Crippen LogP contribution in [-0.4, -0.2) is 12.6 Å². The van der Waals surface area contributed by atoms with Crippen molar-refractivity contribution in [2.24, 2.45) is 5.92 Å². The van der Waals surface area contributed by atoms with Gasteiger partial charge in [0.15, 0.2) is 0 Å². The molecule has 0 radical (unpaired) electrons. The minimum atomic E-state index is 0.713. The van der Waals surface area contributed by atoms with Crippen LogP contribution in [-0.2, 0) is 0 Å². The summed E-state index contributed by atoms with van der Waals surface area (Å²) in [6.07, 6.45) is 6.69. The maximum Gasteiger partial charge on any atom is 0.00387 e. The molecule has 0 fully saturated rings. The van der Waals surface area contributed by atoms with E-state index < -0.39 is 0 Å². The van der Waals surface area contributed by atoms with Crippen LogP contribution in [0.5, 0.6) is 0 Å². The first-order chi connectivity index (χ1) is 6.16. The average molecular weight is 185 g/mol. The van der Waals surface area contributed by atoms with Crippen molar-refractivity contribution in [3.05, 3.63) is 0 Å². The van der Waals surface area contributed by atoms with Crippen LogP contribution < -0.4 is 5.32 Å². The second kappa shape index (κ2) is 8.55. The van der Waals surface area contributed by atoms with Crippen LogP contribution in [0.2, 0.25) is 0 Å². The number of nitrogens with one attached hydrogen (secondary N) is 1. The highest BCUT2D eigenvalue weighted by molar-refractivity contribution is 4.60. The van der Waals surface area contributed by atoms with Crippen LogP contribution in [0.25, 0.3) is 0 Å². The second-order valence-corrected chi connectivity index (χ2v) is 4.53. The quantitative estimate of drug-likeness (QED) is 0.570. The Labute approximate surface area is 84.3 Å². The maximum atomic E-state index is 3.56. The average Bonchev–Trinajstić information content (AvgIpc) is 2.04. The summed E-state index contributed by atoms with van der Waals surface area (Å²) >= 11 is 0. The number of hydrogen-bond donors (Lipinski definition) is 1. The lowest BCUT2D eigenvalue weighted by Gasteiger charge is -2.13. The van der Waals surface area contributed by atoms with E-state index in [1.807, 2.05) is 0 Å². The van der Waals surface area contributed by atoms with Gasteiger partial charge in [0.1, 0.15) is 0 Å². The zero-order valence-electron chi connectivity index (χ0n) is 9.90. The van der Waals surface area contributed by atoms with Crippen molar-refractivity contribution in [1.82, 2.24) is 5.32 Å². The van der Waals surface area contributed by atoms with Gasteiger partial charge in [0.2, 0.25) is 0 Å². The molecule has 1 N–H and O–H groups in total. The molecule has 1 heteroatoms. The summed E-state index contributed by atoms with van der Waals surface area (Å²) in [7, 11) is 0. The van der Waals surface area contributed by atoms with Gasteiger partial charge in [-0.2, -0.15) is 0 Å². The highest BCUT2D eigenvalue weighted by Crippen LogP contribution is 2.08. The molecule has 0 bridgehead atoms. The minimum Gasteiger partial charge on any atom is -0.314 e. The predicted octanol–water partition coefficient (Wildman–Crippen LogP) is 3.59. The molecule has 0 aromatic heterocycles. The van der Waals surface area contributed by atoms with E-state index in [9.17, 15) is 0 Å². The SMILES string of the molecule is CCCCN[C@H](C)CCCC(C)C. The summed E-state index contributed by atoms with van der Waals surface area (Å²) in [5.74, 6) is 0.864. The number of rotatable bonds is 8. The van der Waals surface area contributed by atoms with E-state index in [2.05, 4.69) is 33.0 Å². The number of unbranched alkanes of at least 4 members (excludes halogenated alkanes) is 1. The van der Waals surface area contributed by atoms with Gasteiger partial charge < -0.3 is 5.32 Å². The molecule has 0 aliphatic heterocycles. The third kappa shape index (κ3) is 9.88. The van der Waals surface area contributed by atoms with E-state index in [1.165, 1.54) is 38.6 Å². The molecule has 80 valence electrons. The lowest BCUT2D eigenvalue weighted by atomic mass is 10.0. The molecule has 0 aliphatic rings. The molecule has 0 aliphatic carbocycles. The molecule has 0 amide bonds. The summed E-state index contributed by atoms with van der Waals surface area (Å²) in [4.78, 5) is 0. The van der Waals surface area contributed by atoms with Crippen LogP contribution in [0, 0.1) is 5.92 Å². The van der Waals surface area contributed by atoms with Gasteiger partial charge in [-0.1, -0.05) is 40.0 Å². The molecular formula is C12H27N. The Morgan fingerprint density at radius 1 is 1.00 bits per heavy atom. The van der Waals surface area contributed by atoms with Gasteiger partial charge in [0, 0.05) is 6.04 Å². The number of hydrogen-bond acceptors (Lipinski definition) is 1.